The molecule has 0 spiro atoms. The SMILES string of the molecule is C#Cc1c(F)ccc2cc(O)cc(-c3ncc4c(N5CC6CCC(C5)N6C(=O)OCCF)nc(OC[C@@]56CCCN5C[C@H](F)C6)nc4c3F)c12. The van der Waals surface area contributed by atoms with Crippen LogP contribution in [-0.4, -0.2) is 106 Å². The second kappa shape index (κ2) is 12.5. The highest BCUT2D eigenvalue weighted by Gasteiger charge is 2.49. The number of terminal acetylenes is 1. The number of aromatic hydroxyl groups is 1. The van der Waals surface area contributed by atoms with Gasteiger partial charge in [0.2, 0.25) is 0 Å². The highest BCUT2D eigenvalue weighted by atomic mass is 19.1. The van der Waals surface area contributed by atoms with Gasteiger partial charge in [0, 0.05) is 43.2 Å². The molecule has 2 aromatic carbocycles. The first kappa shape index (κ1) is 32.3. The van der Waals surface area contributed by atoms with E-state index in [-0.39, 0.29) is 70.2 Å². The van der Waals surface area contributed by atoms with Crippen molar-refractivity contribution in [1.82, 2.24) is 24.8 Å². The number of benzene rings is 2. The maximum absolute atomic E-state index is 16.9. The first-order valence-electron chi connectivity index (χ1n) is 16.8. The minimum Gasteiger partial charge on any atom is -0.508 e. The van der Waals surface area contributed by atoms with E-state index < -0.39 is 36.1 Å². The molecule has 2 bridgehead atoms. The van der Waals surface area contributed by atoms with Crippen LogP contribution in [-0.2, 0) is 4.74 Å². The standard InChI is InChI=1S/C36H34F4N6O4/c1-2-25-28(39)7-4-20-12-24(47)13-26(29(20)25)31-30(40)32-27(15-41-31)33(44-17-22-5-6-23(18-44)46(22)35(48)49-11-9-37)43-34(42-32)50-19-36-8-3-10-45(36)16-21(38)14-36/h1,4,7,12-13,15,21-23,47H,3,5-6,8-11,14,16-19H2/t21-,22?,23?,36+/m1/s1. The van der Waals surface area contributed by atoms with Gasteiger partial charge in [-0.15, -0.1) is 6.42 Å². The van der Waals surface area contributed by atoms with Crippen LogP contribution in [0.3, 0.4) is 0 Å². The fourth-order valence-electron chi connectivity index (χ4n) is 8.49. The van der Waals surface area contributed by atoms with Gasteiger partial charge in [0.25, 0.3) is 0 Å². The van der Waals surface area contributed by atoms with E-state index in [2.05, 4.69) is 20.8 Å². The molecule has 10 nitrogen and oxygen atoms in total. The number of pyridine rings is 1. The van der Waals surface area contributed by atoms with Crippen LogP contribution in [0.2, 0.25) is 0 Å². The van der Waals surface area contributed by atoms with Crippen molar-refractivity contribution in [2.45, 2.75) is 55.9 Å². The maximum atomic E-state index is 16.9. The van der Waals surface area contributed by atoms with E-state index in [0.29, 0.717) is 50.1 Å². The molecule has 2 unspecified atom stereocenters. The van der Waals surface area contributed by atoms with Crippen LogP contribution < -0.4 is 9.64 Å². The number of alkyl halides is 2. The highest BCUT2D eigenvalue weighted by molar-refractivity contribution is 6.03. The van der Waals surface area contributed by atoms with E-state index >= 15 is 4.39 Å². The lowest BCUT2D eigenvalue weighted by Gasteiger charge is -2.41. The predicted octanol–water partition coefficient (Wildman–Crippen LogP) is 5.52. The molecular weight excluding hydrogens is 656 g/mol. The summed E-state index contributed by atoms with van der Waals surface area (Å²) in [6, 6.07) is 4.69. The molecule has 0 radical (unpaired) electrons. The molecule has 8 rings (SSSR count). The molecule has 14 heteroatoms. The molecule has 50 heavy (non-hydrogen) atoms. The Morgan fingerprint density at radius 3 is 2.70 bits per heavy atom. The van der Waals surface area contributed by atoms with Crippen LogP contribution in [0.5, 0.6) is 11.8 Å². The summed E-state index contributed by atoms with van der Waals surface area (Å²) in [7, 11) is 0. The third-order valence-electron chi connectivity index (χ3n) is 10.6. The van der Waals surface area contributed by atoms with Crippen LogP contribution in [0.25, 0.3) is 32.9 Å². The zero-order valence-electron chi connectivity index (χ0n) is 27.0. The fraction of sp³-hybridized carbons (Fsp3) is 0.444. The zero-order chi connectivity index (χ0) is 34.7. The Labute approximate surface area is 285 Å². The van der Waals surface area contributed by atoms with Crippen molar-refractivity contribution in [2.24, 2.45) is 0 Å². The van der Waals surface area contributed by atoms with Crippen LogP contribution in [0.1, 0.15) is 37.7 Å². The summed E-state index contributed by atoms with van der Waals surface area (Å²) in [5.74, 6) is 0.935. The van der Waals surface area contributed by atoms with E-state index in [1.54, 1.807) is 4.90 Å². The Morgan fingerprint density at radius 2 is 1.94 bits per heavy atom. The molecule has 1 amide bonds. The molecule has 4 aliphatic rings. The van der Waals surface area contributed by atoms with Crippen molar-refractivity contribution < 1.29 is 36.9 Å². The van der Waals surface area contributed by atoms with Gasteiger partial charge in [-0.3, -0.25) is 14.8 Å². The lowest BCUT2D eigenvalue weighted by molar-refractivity contribution is 0.0740. The van der Waals surface area contributed by atoms with Crippen LogP contribution in [0.4, 0.5) is 28.2 Å². The molecule has 4 saturated heterocycles. The van der Waals surface area contributed by atoms with Crippen LogP contribution >= 0.6 is 0 Å². The highest BCUT2D eigenvalue weighted by Crippen LogP contribution is 2.42. The molecule has 0 saturated carbocycles. The smallest absolute Gasteiger partial charge is 0.410 e. The molecular formula is C36H34F4N6O4. The van der Waals surface area contributed by atoms with Gasteiger partial charge in [0.05, 0.1) is 28.6 Å². The van der Waals surface area contributed by atoms with E-state index in [1.165, 1.54) is 30.5 Å². The van der Waals surface area contributed by atoms with Gasteiger partial charge in [0.1, 0.15) is 54.7 Å². The van der Waals surface area contributed by atoms with Crippen molar-refractivity contribution in [1.29, 1.82) is 0 Å². The Balaban J connectivity index is 1.23. The largest absolute Gasteiger partial charge is 0.508 e. The van der Waals surface area contributed by atoms with E-state index in [0.717, 1.165) is 19.4 Å². The van der Waals surface area contributed by atoms with E-state index in [4.69, 9.17) is 20.9 Å². The van der Waals surface area contributed by atoms with E-state index in [1.807, 2.05) is 4.90 Å². The molecule has 0 aliphatic carbocycles. The number of carbonyl (C=O) groups excluding carboxylic acids is 1. The quantitative estimate of drug-likeness (QED) is 0.198. The van der Waals surface area contributed by atoms with Crippen molar-refractivity contribution in [3.63, 3.8) is 0 Å². The molecule has 260 valence electrons. The van der Waals surface area contributed by atoms with Gasteiger partial charge in [-0.25, -0.2) is 22.4 Å². The van der Waals surface area contributed by atoms with Gasteiger partial charge >= 0.3 is 12.1 Å². The number of phenolic OH excluding ortho intramolecular Hbond substituents is 1. The zero-order valence-corrected chi connectivity index (χ0v) is 27.0. The molecule has 4 atom stereocenters. The number of rotatable bonds is 7. The Hall–Kier alpha value is -4.90. The summed E-state index contributed by atoms with van der Waals surface area (Å²) in [6.07, 6.45) is 8.90. The summed E-state index contributed by atoms with van der Waals surface area (Å²) < 4.78 is 70.4. The molecule has 4 aliphatic heterocycles. The Morgan fingerprint density at radius 1 is 1.14 bits per heavy atom. The van der Waals surface area contributed by atoms with Crippen molar-refractivity contribution in [3.05, 3.63) is 47.7 Å². The predicted molar refractivity (Wildman–Crippen MR) is 177 cm³/mol. The van der Waals surface area contributed by atoms with Crippen LogP contribution in [0.15, 0.2) is 30.5 Å². The third kappa shape index (κ3) is 5.30. The minimum absolute atomic E-state index is 0.0772. The number of phenols is 1. The normalized spacial score (nSPS) is 24.6. The topological polar surface area (TPSA) is 104 Å². The number of ether oxygens (including phenoxy) is 2. The van der Waals surface area contributed by atoms with Crippen molar-refractivity contribution in [2.75, 3.05) is 51.0 Å². The number of aromatic nitrogens is 3. The second-order valence-corrected chi connectivity index (χ2v) is 13.5. The number of carbonyl (C=O) groups is 1. The maximum Gasteiger partial charge on any atom is 0.410 e. The molecule has 4 aromatic rings. The third-order valence-corrected chi connectivity index (χ3v) is 10.6. The minimum atomic E-state index is -0.976. The van der Waals surface area contributed by atoms with Gasteiger partial charge in [0.15, 0.2) is 5.82 Å². The summed E-state index contributed by atoms with van der Waals surface area (Å²) in [5.41, 5.74) is -0.882. The van der Waals surface area contributed by atoms with Gasteiger partial charge < -0.3 is 19.5 Å². The number of anilines is 1. The monoisotopic (exact) mass is 690 g/mol. The average molecular weight is 691 g/mol. The molecule has 1 N–H and O–H groups in total. The van der Waals surface area contributed by atoms with E-state index in [9.17, 15) is 23.1 Å². The summed E-state index contributed by atoms with van der Waals surface area (Å²) >= 11 is 0. The van der Waals surface area contributed by atoms with Crippen LogP contribution in [0, 0.1) is 24.0 Å². The first-order valence-corrected chi connectivity index (χ1v) is 16.8. The average Bonchev–Trinajstić information content (AvgIpc) is 3.72. The first-order chi connectivity index (χ1) is 24.2. The van der Waals surface area contributed by atoms with Gasteiger partial charge in [-0.05, 0) is 55.8 Å². The number of halogens is 4. The second-order valence-electron chi connectivity index (χ2n) is 13.5. The Kier molecular flexibility index (Phi) is 8.05. The number of amides is 1. The van der Waals surface area contributed by atoms with Crippen molar-refractivity contribution in [3.8, 4) is 35.4 Å². The number of fused-ring (bicyclic) bond motifs is 5. The molecule has 6 heterocycles. The molecule has 2 aromatic heterocycles. The summed E-state index contributed by atoms with van der Waals surface area (Å²) in [4.78, 5) is 32.2. The lowest BCUT2D eigenvalue weighted by atomic mass is 9.95. The number of piperazine rings is 1. The molecule has 4 fully saturated rings. The van der Waals surface area contributed by atoms with Gasteiger partial charge in [-0.1, -0.05) is 12.0 Å². The van der Waals surface area contributed by atoms with Gasteiger partial charge in [-0.2, -0.15) is 9.97 Å². The number of hydrogen-bond acceptors (Lipinski definition) is 9. The number of nitrogens with zero attached hydrogens (tertiary/aromatic N) is 6. The fourth-order valence-corrected chi connectivity index (χ4v) is 8.49. The summed E-state index contributed by atoms with van der Waals surface area (Å²) in [5, 5.41) is 11.4. The number of hydrogen-bond donors (Lipinski definition) is 1. The lowest BCUT2D eigenvalue weighted by Crippen LogP contribution is -2.56. The van der Waals surface area contributed by atoms with Crippen molar-refractivity contribution >= 4 is 33.6 Å². The summed E-state index contributed by atoms with van der Waals surface area (Å²) in [6.45, 7) is 0.763. The Bertz CT molecular complexity index is 2050.